The van der Waals surface area contributed by atoms with Gasteiger partial charge in [-0.1, -0.05) is 12.1 Å². The quantitative estimate of drug-likeness (QED) is 0.889. The maximum atomic E-state index is 12.9. The Labute approximate surface area is 131 Å². The minimum atomic E-state index is -0.262. The molecule has 21 heavy (non-hydrogen) atoms. The van der Waals surface area contributed by atoms with E-state index < -0.39 is 0 Å². The Balaban J connectivity index is 0.00000220. The number of piperazine rings is 1. The Morgan fingerprint density at radius 2 is 2.14 bits per heavy atom. The largest absolute Gasteiger partial charge is 0.348 e. The van der Waals surface area contributed by atoms with Gasteiger partial charge in [-0.15, -0.1) is 12.4 Å². The van der Waals surface area contributed by atoms with Crippen molar-refractivity contribution in [3.63, 3.8) is 0 Å². The molecular formula is C15H23ClFN3O. The lowest BCUT2D eigenvalue weighted by Crippen LogP contribution is -2.52. The highest BCUT2D eigenvalue weighted by Gasteiger charge is 2.21. The first kappa shape index (κ1) is 17.9. The van der Waals surface area contributed by atoms with Crippen LogP contribution in [0.4, 0.5) is 4.39 Å². The zero-order valence-electron chi connectivity index (χ0n) is 12.4. The van der Waals surface area contributed by atoms with Crippen molar-refractivity contribution in [3.05, 3.63) is 35.6 Å². The highest BCUT2D eigenvalue weighted by Crippen LogP contribution is 2.13. The third-order valence-electron chi connectivity index (χ3n) is 3.73. The minimum Gasteiger partial charge on any atom is -0.348 e. The van der Waals surface area contributed by atoms with Crippen molar-refractivity contribution >= 4 is 18.3 Å². The lowest BCUT2D eigenvalue weighted by molar-refractivity contribution is -0.123. The van der Waals surface area contributed by atoms with E-state index in [0.29, 0.717) is 12.6 Å². The molecule has 1 heterocycles. The van der Waals surface area contributed by atoms with Crippen molar-refractivity contribution in [3.8, 4) is 0 Å². The number of hydrogen-bond donors (Lipinski definition) is 2. The molecule has 0 radical (unpaired) electrons. The monoisotopic (exact) mass is 315 g/mol. The molecule has 1 saturated heterocycles. The highest BCUT2D eigenvalue weighted by molar-refractivity contribution is 5.85. The van der Waals surface area contributed by atoms with Crippen LogP contribution in [-0.4, -0.2) is 43.0 Å². The van der Waals surface area contributed by atoms with Gasteiger partial charge in [0.05, 0.1) is 12.6 Å². The number of rotatable bonds is 4. The van der Waals surface area contributed by atoms with Crippen LogP contribution in [-0.2, 0) is 4.79 Å². The summed E-state index contributed by atoms with van der Waals surface area (Å²) in [7, 11) is 0. The van der Waals surface area contributed by atoms with E-state index in [4.69, 9.17) is 0 Å². The van der Waals surface area contributed by atoms with Crippen LogP contribution in [0.5, 0.6) is 0 Å². The first-order valence-electron chi connectivity index (χ1n) is 7.06. The van der Waals surface area contributed by atoms with Crippen molar-refractivity contribution < 1.29 is 9.18 Å². The van der Waals surface area contributed by atoms with E-state index in [2.05, 4.69) is 22.5 Å². The summed E-state index contributed by atoms with van der Waals surface area (Å²) in [6.07, 6.45) is 0. The zero-order valence-corrected chi connectivity index (χ0v) is 13.3. The summed E-state index contributed by atoms with van der Waals surface area (Å²) < 4.78 is 12.9. The first-order chi connectivity index (χ1) is 9.56. The Kier molecular flexibility index (Phi) is 7.08. The molecule has 0 bridgehead atoms. The molecule has 1 aromatic rings. The lowest BCUT2D eigenvalue weighted by atomic mass is 10.1. The summed E-state index contributed by atoms with van der Waals surface area (Å²) in [4.78, 5) is 14.2. The summed E-state index contributed by atoms with van der Waals surface area (Å²) in [5, 5.41) is 6.26. The highest BCUT2D eigenvalue weighted by atomic mass is 35.5. The van der Waals surface area contributed by atoms with E-state index in [1.54, 1.807) is 12.1 Å². The van der Waals surface area contributed by atoms with Gasteiger partial charge in [-0.05, 0) is 31.5 Å². The maximum Gasteiger partial charge on any atom is 0.234 e. The van der Waals surface area contributed by atoms with Gasteiger partial charge in [-0.3, -0.25) is 9.69 Å². The molecule has 0 saturated carbocycles. The van der Waals surface area contributed by atoms with Crippen molar-refractivity contribution in [1.29, 1.82) is 0 Å². The number of carbonyl (C=O) groups is 1. The van der Waals surface area contributed by atoms with E-state index in [-0.39, 0.29) is 30.2 Å². The Morgan fingerprint density at radius 3 is 2.76 bits per heavy atom. The predicted octanol–water partition coefficient (Wildman–Crippen LogP) is 1.72. The van der Waals surface area contributed by atoms with Crippen LogP contribution in [0.2, 0.25) is 0 Å². The molecule has 2 N–H and O–H groups in total. The van der Waals surface area contributed by atoms with Crippen LogP contribution in [0.1, 0.15) is 25.5 Å². The summed E-state index contributed by atoms with van der Waals surface area (Å²) in [6, 6.07) is 6.49. The van der Waals surface area contributed by atoms with Gasteiger partial charge in [0.25, 0.3) is 0 Å². The second kappa shape index (κ2) is 8.32. The number of benzene rings is 1. The predicted molar refractivity (Wildman–Crippen MR) is 84.1 cm³/mol. The second-order valence-electron chi connectivity index (χ2n) is 5.36. The molecule has 6 heteroatoms. The van der Waals surface area contributed by atoms with Crippen LogP contribution in [0.3, 0.4) is 0 Å². The van der Waals surface area contributed by atoms with Gasteiger partial charge in [0.15, 0.2) is 0 Å². The van der Waals surface area contributed by atoms with Crippen LogP contribution < -0.4 is 10.6 Å². The van der Waals surface area contributed by atoms with Crippen LogP contribution in [0.25, 0.3) is 0 Å². The fourth-order valence-corrected chi connectivity index (χ4v) is 2.42. The van der Waals surface area contributed by atoms with E-state index >= 15 is 0 Å². The normalized spacial score (nSPS) is 20.4. The second-order valence-corrected chi connectivity index (χ2v) is 5.36. The van der Waals surface area contributed by atoms with Crippen molar-refractivity contribution in [2.24, 2.45) is 0 Å². The number of nitrogens with one attached hydrogen (secondary N) is 2. The molecule has 0 aliphatic carbocycles. The molecule has 118 valence electrons. The summed E-state index contributed by atoms with van der Waals surface area (Å²) in [5.41, 5.74) is 0.910. The van der Waals surface area contributed by atoms with Gasteiger partial charge in [0, 0.05) is 25.7 Å². The lowest BCUT2D eigenvalue weighted by Gasteiger charge is -2.33. The summed E-state index contributed by atoms with van der Waals surface area (Å²) in [6.45, 7) is 7.16. The molecule has 0 aromatic heterocycles. The van der Waals surface area contributed by atoms with E-state index in [0.717, 1.165) is 25.2 Å². The minimum absolute atomic E-state index is 0. The molecule has 1 aliphatic rings. The molecule has 1 aromatic carbocycles. The van der Waals surface area contributed by atoms with Gasteiger partial charge in [0.1, 0.15) is 5.82 Å². The third-order valence-corrected chi connectivity index (χ3v) is 3.73. The van der Waals surface area contributed by atoms with Crippen molar-refractivity contribution in [1.82, 2.24) is 15.5 Å². The van der Waals surface area contributed by atoms with Crippen LogP contribution in [0, 0.1) is 5.82 Å². The number of amides is 1. The van der Waals surface area contributed by atoms with Crippen molar-refractivity contribution in [2.45, 2.75) is 25.9 Å². The molecule has 1 amide bonds. The van der Waals surface area contributed by atoms with E-state index in [9.17, 15) is 9.18 Å². The molecule has 2 rings (SSSR count). The zero-order chi connectivity index (χ0) is 14.5. The number of halogens is 2. The smallest absolute Gasteiger partial charge is 0.234 e. The molecule has 1 aliphatic heterocycles. The van der Waals surface area contributed by atoms with Crippen molar-refractivity contribution in [2.75, 3.05) is 26.2 Å². The standard InChI is InChI=1S/C15H22FN3O.ClH/c1-11-9-17-7-8-19(11)10-15(20)18-12(2)13-3-5-14(16)6-4-13;/h3-6,11-12,17H,7-10H2,1-2H3,(H,18,20);1H/t11-,12?;/m0./s1. The number of hydrogen-bond acceptors (Lipinski definition) is 3. The van der Waals surface area contributed by atoms with Gasteiger partial charge in [-0.2, -0.15) is 0 Å². The summed E-state index contributed by atoms with van der Waals surface area (Å²) >= 11 is 0. The fourth-order valence-electron chi connectivity index (χ4n) is 2.42. The Bertz CT molecular complexity index is 455. The van der Waals surface area contributed by atoms with Gasteiger partial charge < -0.3 is 10.6 Å². The number of nitrogens with zero attached hydrogens (tertiary/aromatic N) is 1. The van der Waals surface area contributed by atoms with E-state index in [1.807, 2.05) is 6.92 Å². The van der Waals surface area contributed by atoms with Gasteiger partial charge in [0.2, 0.25) is 5.91 Å². The molecule has 2 atom stereocenters. The van der Waals surface area contributed by atoms with Crippen LogP contribution >= 0.6 is 12.4 Å². The van der Waals surface area contributed by atoms with Crippen LogP contribution in [0.15, 0.2) is 24.3 Å². The molecule has 4 nitrogen and oxygen atoms in total. The average molecular weight is 316 g/mol. The number of carbonyl (C=O) groups excluding carboxylic acids is 1. The third kappa shape index (κ3) is 5.26. The SMILES string of the molecule is CC(NC(=O)CN1CCNC[C@@H]1C)c1ccc(F)cc1.Cl. The molecular weight excluding hydrogens is 293 g/mol. The Morgan fingerprint density at radius 1 is 1.48 bits per heavy atom. The fraction of sp³-hybridized carbons (Fsp3) is 0.533. The summed E-state index contributed by atoms with van der Waals surface area (Å²) in [5.74, 6) is -0.252. The molecule has 1 fully saturated rings. The maximum absolute atomic E-state index is 12.9. The average Bonchev–Trinajstić information content (AvgIpc) is 2.42. The molecule has 0 spiro atoms. The topological polar surface area (TPSA) is 44.4 Å². The molecule has 1 unspecified atom stereocenters. The Hall–Kier alpha value is -1.17. The first-order valence-corrected chi connectivity index (χ1v) is 7.06. The van der Waals surface area contributed by atoms with E-state index in [1.165, 1.54) is 12.1 Å². The van der Waals surface area contributed by atoms with Gasteiger partial charge in [-0.25, -0.2) is 4.39 Å². The van der Waals surface area contributed by atoms with Gasteiger partial charge >= 0.3 is 0 Å².